The molecule has 1 N–H and O–H groups in total. The number of nitrogens with zero attached hydrogens (tertiary/aromatic N) is 1. The second-order valence-electron chi connectivity index (χ2n) is 6.65. The van der Waals surface area contributed by atoms with E-state index in [0.29, 0.717) is 31.8 Å². The number of ether oxygens (including phenoxy) is 1. The number of carbonyl (C=O) groups excluding carboxylic acids is 1. The number of hydrogen-bond donors (Lipinski definition) is 1. The molecule has 6 heteroatoms. The molecule has 132 valence electrons. The predicted octanol–water partition coefficient (Wildman–Crippen LogP) is 3.63. The first kappa shape index (κ1) is 17.1. The molecule has 2 aliphatic rings. The summed E-state index contributed by atoms with van der Waals surface area (Å²) in [6, 6.07) is 3.63. The van der Waals surface area contributed by atoms with E-state index >= 15 is 0 Å². The summed E-state index contributed by atoms with van der Waals surface area (Å²) < 4.78 is 32.0. The number of benzene rings is 1. The second-order valence-corrected chi connectivity index (χ2v) is 6.65. The van der Waals surface area contributed by atoms with Crippen molar-refractivity contribution in [2.24, 2.45) is 5.92 Å². The minimum Gasteiger partial charge on any atom is -0.370 e. The lowest BCUT2D eigenvalue weighted by atomic mass is 10.0. The molecule has 1 aliphatic carbocycles. The average Bonchev–Trinajstić information content (AvgIpc) is 3.11. The Morgan fingerprint density at radius 3 is 2.79 bits per heavy atom. The van der Waals surface area contributed by atoms with Gasteiger partial charge >= 0.3 is 6.03 Å². The Morgan fingerprint density at radius 2 is 2.04 bits per heavy atom. The molecule has 4 nitrogen and oxygen atoms in total. The topological polar surface area (TPSA) is 41.6 Å². The van der Waals surface area contributed by atoms with E-state index in [1.54, 1.807) is 4.90 Å². The number of rotatable bonds is 4. The van der Waals surface area contributed by atoms with Crippen LogP contribution in [0.1, 0.15) is 43.8 Å². The Labute approximate surface area is 141 Å². The summed E-state index contributed by atoms with van der Waals surface area (Å²) in [6.45, 7) is 1.94. The fourth-order valence-electron chi connectivity index (χ4n) is 3.54. The number of urea groups is 1. The van der Waals surface area contributed by atoms with Gasteiger partial charge in [0.15, 0.2) is 11.6 Å². The molecule has 0 unspecified atom stereocenters. The average molecular weight is 338 g/mol. The highest BCUT2D eigenvalue weighted by Crippen LogP contribution is 2.27. The Kier molecular flexibility index (Phi) is 5.66. The lowest BCUT2D eigenvalue weighted by molar-refractivity contribution is -0.0156. The molecule has 24 heavy (non-hydrogen) atoms. The van der Waals surface area contributed by atoms with Crippen molar-refractivity contribution in [2.75, 3.05) is 26.2 Å². The SMILES string of the molecule is O=C(NCCC1CCCC1)N1CCO[C@@H](c2ccc(F)c(F)c2)C1. The molecule has 2 amide bonds. The van der Waals surface area contributed by atoms with Crippen molar-refractivity contribution in [1.29, 1.82) is 0 Å². The summed E-state index contributed by atoms with van der Waals surface area (Å²) in [5, 5.41) is 2.97. The first-order valence-electron chi connectivity index (χ1n) is 8.73. The Bertz CT molecular complexity index is 576. The lowest BCUT2D eigenvalue weighted by Gasteiger charge is -2.33. The van der Waals surface area contributed by atoms with Crippen LogP contribution in [0.5, 0.6) is 0 Å². The van der Waals surface area contributed by atoms with E-state index < -0.39 is 17.7 Å². The van der Waals surface area contributed by atoms with Gasteiger partial charge in [0, 0.05) is 13.1 Å². The van der Waals surface area contributed by atoms with E-state index in [4.69, 9.17) is 4.74 Å². The maximum absolute atomic E-state index is 13.4. The lowest BCUT2D eigenvalue weighted by Crippen LogP contribution is -2.47. The standard InChI is InChI=1S/C18H24F2N2O2/c19-15-6-5-14(11-16(15)20)17-12-22(9-10-24-17)18(23)21-8-7-13-3-1-2-4-13/h5-6,11,13,17H,1-4,7-10,12H2,(H,21,23)/t17-/m1/s1. The van der Waals surface area contributed by atoms with Gasteiger partial charge in [0.05, 0.1) is 13.2 Å². The maximum atomic E-state index is 13.4. The minimum absolute atomic E-state index is 0.108. The van der Waals surface area contributed by atoms with Crippen LogP contribution in [0, 0.1) is 17.6 Å². The van der Waals surface area contributed by atoms with Crippen molar-refractivity contribution in [3.8, 4) is 0 Å². The largest absolute Gasteiger partial charge is 0.370 e. The summed E-state index contributed by atoms with van der Waals surface area (Å²) >= 11 is 0. The number of hydrogen-bond acceptors (Lipinski definition) is 2. The van der Waals surface area contributed by atoms with Crippen LogP contribution in [0.4, 0.5) is 13.6 Å². The van der Waals surface area contributed by atoms with Gasteiger partial charge in [0.2, 0.25) is 0 Å². The Hall–Kier alpha value is -1.69. The number of halogens is 2. The second kappa shape index (κ2) is 7.92. The third-order valence-corrected chi connectivity index (χ3v) is 4.97. The van der Waals surface area contributed by atoms with E-state index in [0.717, 1.165) is 24.5 Å². The smallest absolute Gasteiger partial charge is 0.317 e. The van der Waals surface area contributed by atoms with Gasteiger partial charge in [-0.25, -0.2) is 13.6 Å². The summed E-state index contributed by atoms with van der Waals surface area (Å²) in [7, 11) is 0. The third-order valence-electron chi connectivity index (χ3n) is 4.97. The summed E-state index contributed by atoms with van der Waals surface area (Å²) in [5.74, 6) is -1.03. The summed E-state index contributed by atoms with van der Waals surface area (Å²) in [6.07, 6.45) is 5.75. The molecule has 2 fully saturated rings. The van der Waals surface area contributed by atoms with Gasteiger partial charge < -0.3 is 15.0 Å². The number of carbonyl (C=O) groups is 1. The van der Waals surface area contributed by atoms with Crippen LogP contribution < -0.4 is 5.32 Å². The van der Waals surface area contributed by atoms with Gasteiger partial charge in [-0.15, -0.1) is 0 Å². The fourth-order valence-corrected chi connectivity index (χ4v) is 3.54. The van der Waals surface area contributed by atoms with E-state index in [2.05, 4.69) is 5.32 Å². The van der Waals surface area contributed by atoms with Crippen molar-refractivity contribution >= 4 is 6.03 Å². The van der Waals surface area contributed by atoms with E-state index in [9.17, 15) is 13.6 Å². The van der Waals surface area contributed by atoms with Crippen LogP contribution in [-0.2, 0) is 4.74 Å². The zero-order valence-corrected chi connectivity index (χ0v) is 13.8. The molecule has 1 heterocycles. The third kappa shape index (κ3) is 4.23. The molecule has 0 radical (unpaired) electrons. The van der Waals surface area contributed by atoms with E-state index in [1.807, 2.05) is 0 Å². The van der Waals surface area contributed by atoms with Gasteiger partial charge in [-0.3, -0.25) is 0 Å². The first-order valence-corrected chi connectivity index (χ1v) is 8.73. The minimum atomic E-state index is -0.894. The Balaban J connectivity index is 1.50. The molecule has 0 spiro atoms. The zero-order chi connectivity index (χ0) is 16.9. The van der Waals surface area contributed by atoms with Crippen LogP contribution in [0.15, 0.2) is 18.2 Å². The van der Waals surface area contributed by atoms with Crippen LogP contribution in [-0.4, -0.2) is 37.2 Å². The molecule has 1 saturated heterocycles. The molecule has 1 atom stereocenters. The molecule has 1 aromatic rings. The van der Waals surface area contributed by atoms with Crippen LogP contribution >= 0.6 is 0 Å². The molecule has 1 aliphatic heterocycles. The number of nitrogens with one attached hydrogen (secondary N) is 1. The monoisotopic (exact) mass is 338 g/mol. The van der Waals surface area contributed by atoms with Crippen molar-refractivity contribution in [2.45, 2.75) is 38.2 Å². The van der Waals surface area contributed by atoms with Gasteiger partial charge in [0.1, 0.15) is 6.10 Å². The number of amides is 2. The zero-order valence-electron chi connectivity index (χ0n) is 13.8. The predicted molar refractivity (Wildman–Crippen MR) is 86.6 cm³/mol. The van der Waals surface area contributed by atoms with Crippen LogP contribution in [0.3, 0.4) is 0 Å². The highest BCUT2D eigenvalue weighted by molar-refractivity contribution is 5.74. The molecular formula is C18H24F2N2O2. The molecule has 1 saturated carbocycles. The highest BCUT2D eigenvalue weighted by Gasteiger charge is 2.26. The summed E-state index contributed by atoms with van der Waals surface area (Å²) in [4.78, 5) is 14.0. The molecule has 0 aromatic heterocycles. The Morgan fingerprint density at radius 1 is 1.25 bits per heavy atom. The van der Waals surface area contributed by atoms with Crippen molar-refractivity contribution < 1.29 is 18.3 Å². The number of morpholine rings is 1. The summed E-state index contributed by atoms with van der Waals surface area (Å²) in [5.41, 5.74) is 0.553. The van der Waals surface area contributed by atoms with Crippen molar-refractivity contribution in [3.63, 3.8) is 0 Å². The fraction of sp³-hybridized carbons (Fsp3) is 0.611. The van der Waals surface area contributed by atoms with Gasteiger partial charge in [0.25, 0.3) is 0 Å². The molecule has 0 bridgehead atoms. The molecular weight excluding hydrogens is 314 g/mol. The van der Waals surface area contributed by atoms with Crippen molar-refractivity contribution in [1.82, 2.24) is 10.2 Å². The van der Waals surface area contributed by atoms with Gasteiger partial charge in [-0.1, -0.05) is 31.7 Å². The molecule has 3 rings (SSSR count). The van der Waals surface area contributed by atoms with E-state index in [-0.39, 0.29) is 6.03 Å². The normalized spacial score (nSPS) is 21.9. The molecule has 1 aromatic carbocycles. The van der Waals surface area contributed by atoms with Gasteiger partial charge in [-0.2, -0.15) is 0 Å². The van der Waals surface area contributed by atoms with Gasteiger partial charge in [-0.05, 0) is 30.0 Å². The first-order chi connectivity index (χ1) is 11.6. The quantitative estimate of drug-likeness (QED) is 0.911. The van der Waals surface area contributed by atoms with Crippen LogP contribution in [0.25, 0.3) is 0 Å². The van der Waals surface area contributed by atoms with Crippen molar-refractivity contribution in [3.05, 3.63) is 35.4 Å². The van der Waals surface area contributed by atoms with Crippen LogP contribution in [0.2, 0.25) is 0 Å². The highest BCUT2D eigenvalue weighted by atomic mass is 19.2. The maximum Gasteiger partial charge on any atom is 0.317 e. The van der Waals surface area contributed by atoms with E-state index in [1.165, 1.54) is 31.7 Å².